The normalized spacial score (nSPS) is 5.57. The molecule has 0 aromatic rings. The molecule has 0 aromatic heterocycles. The van der Waals surface area contributed by atoms with Gasteiger partial charge in [0.1, 0.15) is 0 Å². The lowest BCUT2D eigenvalue weighted by atomic mass is 10.7. The monoisotopic (exact) mass is 106 g/mol. The van der Waals surface area contributed by atoms with Crippen molar-refractivity contribution in [1.82, 2.24) is 0 Å². The van der Waals surface area contributed by atoms with Crippen molar-refractivity contribution in [3.05, 3.63) is 25.3 Å². The lowest BCUT2D eigenvalue weighted by Crippen LogP contribution is -1.44. The highest BCUT2D eigenvalue weighted by Crippen LogP contribution is 1.92. The Morgan fingerprint density at radius 1 is 1.43 bits per heavy atom. The molecule has 0 amide bonds. The molecule has 42 valence electrons. The van der Waals surface area contributed by atoms with Crippen LogP contribution < -0.4 is 0 Å². The van der Waals surface area contributed by atoms with Crippen LogP contribution in [0.2, 0.25) is 0 Å². The van der Waals surface area contributed by atoms with Crippen LogP contribution in [0.25, 0.3) is 0 Å². The molecule has 0 aliphatic heterocycles. The topological polar surface area (TPSA) is 0 Å². The van der Waals surface area contributed by atoms with Gasteiger partial charge >= 0.3 is 0 Å². The van der Waals surface area contributed by atoms with Gasteiger partial charge in [0.2, 0.25) is 0 Å². The molecule has 0 saturated heterocycles. The predicted molar refractivity (Wildman–Crippen MR) is 27.2 cm³/mol. The van der Waals surface area contributed by atoms with E-state index in [4.69, 9.17) is 0 Å². The Morgan fingerprint density at radius 2 is 1.57 bits per heavy atom. The fourth-order valence-electron chi connectivity index (χ4n) is 0. The molecule has 0 rings (SSSR count). The smallest absolute Gasteiger partial charge is 0.174 e. The van der Waals surface area contributed by atoms with Crippen molar-refractivity contribution in [2.24, 2.45) is 0 Å². The summed E-state index contributed by atoms with van der Waals surface area (Å²) in [6.45, 7) is 7.29. The largest absolute Gasteiger partial charge is 0.266 e. The third-order valence-corrected chi connectivity index (χ3v) is 0.218. The molecule has 0 radical (unpaired) electrons. The second-order valence-corrected chi connectivity index (χ2v) is 0.578. The van der Waals surface area contributed by atoms with Crippen LogP contribution in [-0.2, 0) is 0 Å². The molecular weight excluding hydrogens is 98.1 g/mol. The van der Waals surface area contributed by atoms with Crippen LogP contribution in [0, 0.1) is 0 Å². The van der Waals surface area contributed by atoms with Crippen LogP contribution >= 0.6 is 0 Å². The zero-order valence-electron chi connectivity index (χ0n) is 4.25. The van der Waals surface area contributed by atoms with Crippen LogP contribution in [0.1, 0.15) is 6.92 Å². The molecule has 0 saturated carbocycles. The highest BCUT2D eigenvalue weighted by molar-refractivity contribution is 4.72. The van der Waals surface area contributed by atoms with Crippen LogP contribution in [0.5, 0.6) is 0 Å². The van der Waals surface area contributed by atoms with E-state index in [0.29, 0.717) is 0 Å². The zero-order chi connectivity index (χ0) is 6.28. The molecule has 0 N–H and O–H groups in total. The number of rotatable bonds is 0. The fraction of sp³-hybridized carbons (Fsp3) is 0.200. The second-order valence-electron chi connectivity index (χ2n) is 0.578. The van der Waals surface area contributed by atoms with Gasteiger partial charge < -0.3 is 0 Å². The van der Waals surface area contributed by atoms with Crippen molar-refractivity contribution in [3.63, 3.8) is 0 Å². The SMILES string of the molecule is C=C.CC=C(F)F. The molecule has 0 aliphatic carbocycles. The highest BCUT2D eigenvalue weighted by atomic mass is 19.3. The van der Waals surface area contributed by atoms with E-state index >= 15 is 0 Å². The highest BCUT2D eigenvalue weighted by Gasteiger charge is 1.74. The molecule has 7 heavy (non-hydrogen) atoms. The molecule has 0 heterocycles. The van der Waals surface area contributed by atoms with Crippen molar-refractivity contribution >= 4 is 0 Å². The van der Waals surface area contributed by atoms with Crippen molar-refractivity contribution in [1.29, 1.82) is 0 Å². The summed E-state index contributed by atoms with van der Waals surface area (Å²) in [7, 11) is 0. The summed E-state index contributed by atoms with van der Waals surface area (Å²) < 4.78 is 21.2. The standard InChI is InChI=1S/C3H4F2.C2H4/c1-2-3(4)5;1-2/h2H,1H3;1-2H2. The predicted octanol–water partition coefficient (Wildman–Crippen LogP) is 2.59. The van der Waals surface area contributed by atoms with Crippen molar-refractivity contribution < 1.29 is 8.78 Å². The molecule has 0 unspecified atom stereocenters. The van der Waals surface area contributed by atoms with E-state index in [0.717, 1.165) is 6.08 Å². The molecule has 0 bridgehead atoms. The van der Waals surface area contributed by atoms with E-state index in [1.165, 1.54) is 6.92 Å². The van der Waals surface area contributed by atoms with Crippen LogP contribution in [0.15, 0.2) is 25.3 Å². The number of halogens is 2. The molecule has 0 fully saturated rings. The maximum Gasteiger partial charge on any atom is 0.266 e. The number of allylic oxidation sites excluding steroid dienone is 1. The van der Waals surface area contributed by atoms with Gasteiger partial charge in [0.15, 0.2) is 0 Å². The third kappa shape index (κ3) is 33.2. The van der Waals surface area contributed by atoms with E-state index in [-0.39, 0.29) is 0 Å². The Morgan fingerprint density at radius 3 is 1.57 bits per heavy atom. The lowest BCUT2D eigenvalue weighted by molar-refractivity contribution is 0.420. The van der Waals surface area contributed by atoms with Crippen molar-refractivity contribution in [2.45, 2.75) is 6.92 Å². The van der Waals surface area contributed by atoms with E-state index in [9.17, 15) is 8.78 Å². The van der Waals surface area contributed by atoms with Crippen LogP contribution in [0.3, 0.4) is 0 Å². The summed E-state index contributed by atoms with van der Waals surface area (Å²) in [5.41, 5.74) is 0. The van der Waals surface area contributed by atoms with Gasteiger partial charge in [-0.25, -0.2) is 0 Å². The first kappa shape index (κ1) is 9.60. The minimum absolute atomic E-state index is 0.750. The minimum atomic E-state index is -1.62. The maximum atomic E-state index is 10.6. The summed E-state index contributed by atoms with van der Waals surface area (Å²) in [4.78, 5) is 0. The molecule has 0 nitrogen and oxygen atoms in total. The summed E-state index contributed by atoms with van der Waals surface area (Å²) in [6, 6.07) is 0. The van der Waals surface area contributed by atoms with E-state index in [1.54, 1.807) is 0 Å². The summed E-state index contributed by atoms with van der Waals surface area (Å²) in [5, 5.41) is 0. The Labute approximate surface area is 42.2 Å². The quantitative estimate of drug-likeness (QED) is 0.416. The van der Waals surface area contributed by atoms with Gasteiger partial charge in [-0.05, 0) is 13.0 Å². The first-order valence-corrected chi connectivity index (χ1v) is 1.74. The zero-order valence-corrected chi connectivity index (χ0v) is 4.25. The number of hydrogen-bond donors (Lipinski definition) is 0. The molecule has 0 aliphatic rings. The van der Waals surface area contributed by atoms with Gasteiger partial charge in [0.25, 0.3) is 6.08 Å². The van der Waals surface area contributed by atoms with Gasteiger partial charge in [0.05, 0.1) is 0 Å². The lowest BCUT2D eigenvalue weighted by Gasteiger charge is -1.62. The average Bonchev–Trinajstić information content (AvgIpc) is 1.73. The number of hydrogen-bond acceptors (Lipinski definition) is 0. The van der Waals surface area contributed by atoms with E-state index < -0.39 is 6.08 Å². The molecule has 0 spiro atoms. The third-order valence-electron chi connectivity index (χ3n) is 0.218. The van der Waals surface area contributed by atoms with Gasteiger partial charge in [-0.2, -0.15) is 8.78 Å². The average molecular weight is 106 g/mol. The van der Waals surface area contributed by atoms with E-state index in [1.807, 2.05) is 0 Å². The first-order valence-electron chi connectivity index (χ1n) is 1.74. The van der Waals surface area contributed by atoms with Crippen LogP contribution in [-0.4, -0.2) is 0 Å². The van der Waals surface area contributed by atoms with E-state index in [2.05, 4.69) is 13.2 Å². The Balaban J connectivity index is 0. The molecule has 0 aromatic carbocycles. The first-order chi connectivity index (χ1) is 3.27. The second kappa shape index (κ2) is 9.02. The Kier molecular flexibility index (Phi) is 12.4. The van der Waals surface area contributed by atoms with Crippen LogP contribution in [0.4, 0.5) is 8.78 Å². The fourth-order valence-corrected chi connectivity index (χ4v) is 0. The molecule has 2 heteroatoms. The minimum Gasteiger partial charge on any atom is -0.174 e. The Hall–Kier alpha value is -0.660. The van der Waals surface area contributed by atoms with Crippen molar-refractivity contribution in [3.8, 4) is 0 Å². The summed E-state index contributed by atoms with van der Waals surface area (Å²) in [5.74, 6) is 0. The summed E-state index contributed by atoms with van der Waals surface area (Å²) >= 11 is 0. The van der Waals surface area contributed by atoms with Gasteiger partial charge in [-0.15, -0.1) is 13.2 Å². The maximum absolute atomic E-state index is 10.6. The Bertz CT molecular complexity index is 53.1. The molecule has 0 atom stereocenters. The molecular formula is C5H8F2. The van der Waals surface area contributed by atoms with Gasteiger partial charge in [-0.3, -0.25) is 0 Å². The summed E-state index contributed by atoms with van der Waals surface area (Å²) in [6.07, 6.45) is -0.870. The van der Waals surface area contributed by atoms with Crippen molar-refractivity contribution in [2.75, 3.05) is 0 Å². The van der Waals surface area contributed by atoms with Gasteiger partial charge in [0, 0.05) is 0 Å². The van der Waals surface area contributed by atoms with Gasteiger partial charge in [-0.1, -0.05) is 0 Å².